The first-order chi connectivity index (χ1) is 13.4. The summed E-state index contributed by atoms with van der Waals surface area (Å²) in [6.07, 6.45) is -7.66. The van der Waals surface area contributed by atoms with E-state index in [0.717, 1.165) is 9.80 Å². The van der Waals surface area contributed by atoms with Gasteiger partial charge in [0.25, 0.3) is 0 Å². The van der Waals surface area contributed by atoms with Gasteiger partial charge in [0.2, 0.25) is 11.8 Å². The van der Waals surface area contributed by atoms with Crippen LogP contribution < -0.4 is 0 Å². The van der Waals surface area contributed by atoms with Crippen molar-refractivity contribution in [2.75, 3.05) is 52.4 Å². The molecule has 0 radical (unpaired) electrons. The minimum Gasteiger partial charge on any atom is -0.332 e. The first-order valence-electron chi connectivity index (χ1n) is 9.64. The molecule has 0 aromatic carbocycles. The summed E-state index contributed by atoms with van der Waals surface area (Å²) in [5, 5.41) is 0. The Morgan fingerprint density at radius 3 is 1.38 bits per heavy atom. The summed E-state index contributed by atoms with van der Waals surface area (Å²) in [6, 6.07) is -1.23. The van der Waals surface area contributed by atoms with Crippen LogP contribution in [-0.2, 0) is 9.59 Å². The molecule has 3 heterocycles. The molecule has 3 fully saturated rings. The van der Waals surface area contributed by atoms with Gasteiger partial charge in [-0.3, -0.25) is 19.4 Å². The Morgan fingerprint density at radius 2 is 1.03 bits per heavy atom. The summed E-state index contributed by atoms with van der Waals surface area (Å²) >= 11 is 0. The highest BCUT2D eigenvalue weighted by Gasteiger charge is 2.44. The molecule has 2 unspecified atom stereocenters. The van der Waals surface area contributed by atoms with E-state index >= 15 is 0 Å². The Morgan fingerprint density at radius 1 is 0.655 bits per heavy atom. The van der Waals surface area contributed by atoms with Crippen LogP contribution in [0, 0.1) is 0 Å². The molecule has 3 aliphatic rings. The van der Waals surface area contributed by atoms with Gasteiger partial charge in [0.15, 0.2) is 0 Å². The van der Waals surface area contributed by atoms with Crippen LogP contribution in [0.3, 0.4) is 0 Å². The topological polar surface area (TPSA) is 47.1 Å². The van der Waals surface area contributed by atoms with Crippen molar-refractivity contribution < 1.29 is 35.9 Å². The molecule has 0 aromatic rings. The minimum absolute atomic E-state index is 0.0523. The molecule has 2 amide bonds. The van der Waals surface area contributed by atoms with Gasteiger partial charge in [-0.25, -0.2) is 0 Å². The minimum atomic E-state index is -4.44. The summed E-state index contributed by atoms with van der Waals surface area (Å²) in [5.74, 6) is -1.08. The van der Waals surface area contributed by atoms with Crippen LogP contribution in [0.5, 0.6) is 0 Å². The van der Waals surface area contributed by atoms with Crippen molar-refractivity contribution in [3.05, 3.63) is 0 Å². The molecular formula is C17H24F6N4O2. The lowest BCUT2D eigenvalue weighted by molar-refractivity contribution is -0.159. The van der Waals surface area contributed by atoms with Gasteiger partial charge < -0.3 is 9.80 Å². The van der Waals surface area contributed by atoms with Crippen molar-refractivity contribution in [1.82, 2.24) is 19.6 Å². The standard InChI is InChI=1S/C17H24F6N4O2/c18-16(19,20)10-26-6-2-12(14(26)28)24-4-1-5-25(9-8-24)13-3-7-27(15(13)29)11-17(21,22)23/h12-13H,1-11H2. The molecule has 3 saturated heterocycles. The molecule has 2 atom stereocenters. The lowest BCUT2D eigenvalue weighted by atomic mass is 10.2. The van der Waals surface area contributed by atoms with Crippen LogP contribution in [0.4, 0.5) is 26.3 Å². The highest BCUT2D eigenvalue weighted by Crippen LogP contribution is 2.26. The summed E-state index contributed by atoms with van der Waals surface area (Å²) in [7, 11) is 0. The SMILES string of the molecule is O=C1C(N2CCCN(C3CCN(CC(F)(F)F)C3=O)CC2)CCN1CC(F)(F)F. The molecule has 6 nitrogen and oxygen atoms in total. The summed E-state index contributed by atoms with van der Waals surface area (Å²) in [4.78, 5) is 30.0. The quantitative estimate of drug-likeness (QED) is 0.632. The van der Waals surface area contributed by atoms with Crippen LogP contribution in [0.1, 0.15) is 19.3 Å². The number of nitrogens with zero attached hydrogens (tertiary/aromatic N) is 4. The van der Waals surface area contributed by atoms with E-state index in [0.29, 0.717) is 45.4 Å². The predicted octanol–water partition coefficient (Wildman–Crippen LogP) is 1.32. The monoisotopic (exact) mass is 430 g/mol. The lowest BCUT2D eigenvalue weighted by Crippen LogP contribution is -2.47. The second-order valence-corrected chi connectivity index (χ2v) is 7.78. The van der Waals surface area contributed by atoms with Crippen molar-refractivity contribution in [2.24, 2.45) is 0 Å². The zero-order chi connectivity index (χ0) is 21.4. The Labute approximate surface area is 164 Å². The van der Waals surface area contributed by atoms with E-state index < -0.39 is 49.3 Å². The van der Waals surface area contributed by atoms with Gasteiger partial charge in [0.1, 0.15) is 13.1 Å². The molecule has 0 aromatic heterocycles. The second kappa shape index (κ2) is 8.29. The lowest BCUT2D eigenvalue weighted by Gasteiger charge is -2.28. The van der Waals surface area contributed by atoms with Gasteiger partial charge in [-0.2, -0.15) is 26.3 Å². The average Bonchev–Trinajstić information content (AvgIpc) is 3.00. The Kier molecular flexibility index (Phi) is 6.32. The fraction of sp³-hybridized carbons (Fsp3) is 0.882. The number of alkyl halides is 6. The van der Waals surface area contributed by atoms with E-state index in [1.807, 2.05) is 9.80 Å². The van der Waals surface area contributed by atoms with E-state index in [-0.39, 0.29) is 13.1 Å². The molecule has 12 heteroatoms. The van der Waals surface area contributed by atoms with Crippen LogP contribution >= 0.6 is 0 Å². The fourth-order valence-corrected chi connectivity index (χ4v) is 4.45. The van der Waals surface area contributed by atoms with Crippen molar-refractivity contribution in [3.8, 4) is 0 Å². The van der Waals surface area contributed by atoms with Crippen LogP contribution in [0.25, 0.3) is 0 Å². The number of amides is 2. The Hall–Kier alpha value is -1.56. The Bertz CT molecular complexity index is 574. The van der Waals surface area contributed by atoms with Gasteiger partial charge in [-0.05, 0) is 19.3 Å². The van der Waals surface area contributed by atoms with E-state index in [2.05, 4.69) is 0 Å². The molecule has 0 spiro atoms. The number of halogens is 6. The average molecular weight is 430 g/mol. The van der Waals surface area contributed by atoms with Crippen LogP contribution in [0.15, 0.2) is 0 Å². The molecule has 0 bridgehead atoms. The third-order valence-electron chi connectivity index (χ3n) is 5.73. The van der Waals surface area contributed by atoms with Gasteiger partial charge in [0, 0.05) is 39.3 Å². The van der Waals surface area contributed by atoms with Gasteiger partial charge in [-0.15, -0.1) is 0 Å². The normalized spacial score (nSPS) is 28.5. The molecule has 166 valence electrons. The zero-order valence-corrected chi connectivity index (χ0v) is 15.8. The molecule has 3 aliphatic heterocycles. The number of carbonyl (C=O) groups excluding carboxylic acids is 2. The van der Waals surface area contributed by atoms with Crippen molar-refractivity contribution in [3.63, 3.8) is 0 Å². The molecule has 29 heavy (non-hydrogen) atoms. The molecule has 0 saturated carbocycles. The maximum atomic E-state index is 12.6. The first kappa shape index (κ1) is 22.1. The van der Waals surface area contributed by atoms with E-state index in [1.54, 1.807) is 0 Å². The van der Waals surface area contributed by atoms with Crippen molar-refractivity contribution in [2.45, 2.75) is 43.7 Å². The van der Waals surface area contributed by atoms with Gasteiger partial charge in [-0.1, -0.05) is 0 Å². The predicted molar refractivity (Wildman–Crippen MR) is 89.8 cm³/mol. The number of likely N-dealkylation sites (tertiary alicyclic amines) is 2. The Balaban J connectivity index is 1.55. The molecular weight excluding hydrogens is 406 g/mol. The van der Waals surface area contributed by atoms with Gasteiger partial charge >= 0.3 is 12.4 Å². The number of carbonyl (C=O) groups is 2. The van der Waals surface area contributed by atoms with E-state index in [4.69, 9.17) is 0 Å². The highest BCUT2D eigenvalue weighted by atomic mass is 19.4. The fourth-order valence-electron chi connectivity index (χ4n) is 4.45. The van der Waals surface area contributed by atoms with Crippen LogP contribution in [-0.4, -0.2) is 108 Å². The maximum absolute atomic E-state index is 12.6. The smallest absolute Gasteiger partial charge is 0.332 e. The summed E-state index contributed by atoms with van der Waals surface area (Å²) in [6.45, 7) is -0.631. The number of rotatable bonds is 4. The van der Waals surface area contributed by atoms with Crippen molar-refractivity contribution >= 4 is 11.8 Å². The second-order valence-electron chi connectivity index (χ2n) is 7.78. The van der Waals surface area contributed by atoms with Crippen LogP contribution in [0.2, 0.25) is 0 Å². The number of hydrogen-bond donors (Lipinski definition) is 0. The third-order valence-corrected chi connectivity index (χ3v) is 5.73. The summed E-state index contributed by atoms with van der Waals surface area (Å²) < 4.78 is 75.5. The highest BCUT2D eigenvalue weighted by molar-refractivity contribution is 5.84. The first-order valence-corrected chi connectivity index (χ1v) is 9.64. The third kappa shape index (κ3) is 5.53. The molecule has 0 aliphatic carbocycles. The van der Waals surface area contributed by atoms with Gasteiger partial charge in [0.05, 0.1) is 12.1 Å². The zero-order valence-electron chi connectivity index (χ0n) is 15.8. The molecule has 0 N–H and O–H groups in total. The summed E-state index contributed by atoms with van der Waals surface area (Å²) in [5.41, 5.74) is 0. The van der Waals surface area contributed by atoms with E-state index in [9.17, 15) is 35.9 Å². The van der Waals surface area contributed by atoms with Crippen molar-refractivity contribution in [1.29, 1.82) is 0 Å². The van der Waals surface area contributed by atoms with E-state index in [1.165, 1.54) is 0 Å². The number of hydrogen-bond acceptors (Lipinski definition) is 4. The maximum Gasteiger partial charge on any atom is 0.406 e. The largest absolute Gasteiger partial charge is 0.406 e. The molecule has 3 rings (SSSR count).